The van der Waals surface area contributed by atoms with E-state index in [-0.39, 0.29) is 29.7 Å². The maximum Gasteiger partial charge on any atom is 0.407 e. The molecular formula is C34H33NO7S. The van der Waals surface area contributed by atoms with E-state index in [9.17, 15) is 18.0 Å². The van der Waals surface area contributed by atoms with Gasteiger partial charge in [0.1, 0.15) is 22.9 Å². The van der Waals surface area contributed by atoms with Crippen molar-refractivity contribution >= 4 is 22.2 Å². The monoisotopic (exact) mass is 599 g/mol. The smallest absolute Gasteiger partial charge is 0.407 e. The van der Waals surface area contributed by atoms with Crippen LogP contribution in [0.5, 0.6) is 5.75 Å². The Morgan fingerprint density at radius 2 is 1.35 bits per heavy atom. The van der Waals surface area contributed by atoms with Gasteiger partial charge in [-0.1, -0.05) is 78.9 Å². The van der Waals surface area contributed by atoms with Crippen LogP contribution in [-0.4, -0.2) is 39.2 Å². The summed E-state index contributed by atoms with van der Waals surface area (Å²) in [5.41, 5.74) is 4.20. The summed E-state index contributed by atoms with van der Waals surface area (Å²) in [6.07, 6.45) is -0.663. The van der Waals surface area contributed by atoms with Crippen LogP contribution in [0.3, 0.4) is 0 Å². The average Bonchev–Trinajstić information content (AvgIpc) is 3.30. The Morgan fingerprint density at radius 1 is 0.791 bits per heavy atom. The standard InChI is InChI=1S/C34H33NO7S/c1-34(2,3)41-32(36)30(23-17-19-24(20-18-23)42-43(38,39)25-11-5-4-6-12-25)21-35-33(37)40-22-31-28-15-9-7-13-26(28)27-14-8-10-16-29(27)31/h4-20,30-31H,21-22H2,1-3H3,(H,35,37). The second-order valence-corrected chi connectivity index (χ2v) is 12.8. The molecule has 0 spiro atoms. The molecule has 1 unspecified atom stereocenters. The normalized spacial score (nSPS) is 13.4. The Kier molecular flexibility index (Phi) is 8.54. The van der Waals surface area contributed by atoms with E-state index in [1.807, 2.05) is 36.4 Å². The zero-order valence-corrected chi connectivity index (χ0v) is 25.0. The van der Waals surface area contributed by atoms with E-state index in [0.29, 0.717) is 5.56 Å². The summed E-state index contributed by atoms with van der Waals surface area (Å²) in [5, 5.41) is 2.71. The number of fused-ring (bicyclic) bond motifs is 3. The van der Waals surface area contributed by atoms with Crippen molar-refractivity contribution in [3.8, 4) is 16.9 Å². The number of rotatable bonds is 9. The Morgan fingerprint density at radius 3 is 1.93 bits per heavy atom. The van der Waals surface area contributed by atoms with Crippen molar-refractivity contribution in [2.45, 2.75) is 43.1 Å². The quantitative estimate of drug-likeness (QED) is 0.175. The number of hydrogen-bond donors (Lipinski definition) is 1. The average molecular weight is 600 g/mol. The number of carbonyl (C=O) groups excluding carboxylic acids is 2. The molecule has 0 saturated carbocycles. The summed E-state index contributed by atoms with van der Waals surface area (Å²) in [7, 11) is -4.02. The van der Waals surface area contributed by atoms with Gasteiger partial charge in [0.25, 0.3) is 0 Å². The molecule has 0 aromatic heterocycles. The molecule has 9 heteroatoms. The minimum Gasteiger partial charge on any atom is -0.459 e. The number of nitrogens with one attached hydrogen (secondary N) is 1. The molecule has 0 radical (unpaired) electrons. The van der Waals surface area contributed by atoms with Crippen LogP contribution in [-0.2, 0) is 24.4 Å². The van der Waals surface area contributed by atoms with Crippen molar-refractivity contribution in [2.24, 2.45) is 0 Å². The van der Waals surface area contributed by atoms with E-state index in [4.69, 9.17) is 13.7 Å². The van der Waals surface area contributed by atoms with Crippen LogP contribution in [0.1, 0.15) is 49.3 Å². The van der Waals surface area contributed by atoms with Crippen LogP contribution in [0.25, 0.3) is 11.1 Å². The highest BCUT2D eigenvalue weighted by Gasteiger charge is 2.30. The number of hydrogen-bond acceptors (Lipinski definition) is 7. The number of benzene rings is 4. The van der Waals surface area contributed by atoms with E-state index >= 15 is 0 Å². The van der Waals surface area contributed by atoms with Gasteiger partial charge < -0.3 is 19.0 Å². The number of esters is 1. The van der Waals surface area contributed by atoms with Gasteiger partial charge in [0.05, 0.1) is 5.92 Å². The number of alkyl carbamates (subject to hydrolysis) is 1. The van der Waals surface area contributed by atoms with Crippen molar-refractivity contribution in [3.63, 3.8) is 0 Å². The molecule has 43 heavy (non-hydrogen) atoms. The lowest BCUT2D eigenvalue weighted by atomic mass is 9.98. The Hall–Kier alpha value is -4.63. The first-order valence-electron chi connectivity index (χ1n) is 13.9. The molecule has 0 bridgehead atoms. The molecule has 8 nitrogen and oxygen atoms in total. The molecule has 4 aromatic carbocycles. The predicted molar refractivity (Wildman–Crippen MR) is 162 cm³/mol. The number of carbonyl (C=O) groups is 2. The summed E-state index contributed by atoms with van der Waals surface area (Å²) >= 11 is 0. The van der Waals surface area contributed by atoms with Gasteiger partial charge in [-0.05, 0) is 72.9 Å². The van der Waals surface area contributed by atoms with Crippen molar-refractivity contribution in [3.05, 3.63) is 120 Å². The molecule has 5 rings (SSSR count). The highest BCUT2D eigenvalue weighted by molar-refractivity contribution is 7.87. The summed E-state index contributed by atoms with van der Waals surface area (Å²) in [5.74, 6) is -1.43. The van der Waals surface area contributed by atoms with E-state index < -0.39 is 33.7 Å². The molecule has 1 aliphatic rings. The lowest BCUT2D eigenvalue weighted by molar-refractivity contribution is -0.156. The number of ether oxygens (including phenoxy) is 2. The van der Waals surface area contributed by atoms with E-state index in [1.165, 1.54) is 24.3 Å². The molecule has 4 aromatic rings. The third-order valence-corrected chi connectivity index (χ3v) is 8.27. The zero-order valence-electron chi connectivity index (χ0n) is 24.1. The van der Waals surface area contributed by atoms with E-state index in [2.05, 4.69) is 17.4 Å². The third-order valence-electron chi connectivity index (χ3n) is 7.01. The van der Waals surface area contributed by atoms with E-state index in [0.717, 1.165) is 22.3 Å². The fourth-order valence-corrected chi connectivity index (χ4v) is 6.01. The lowest BCUT2D eigenvalue weighted by Crippen LogP contribution is -2.36. The lowest BCUT2D eigenvalue weighted by Gasteiger charge is -2.24. The van der Waals surface area contributed by atoms with Crippen molar-refractivity contribution in [2.75, 3.05) is 13.2 Å². The maximum absolute atomic E-state index is 13.2. The maximum atomic E-state index is 13.2. The summed E-state index contributed by atoms with van der Waals surface area (Å²) in [6, 6.07) is 30.0. The van der Waals surface area contributed by atoms with Crippen molar-refractivity contribution < 1.29 is 31.7 Å². The van der Waals surface area contributed by atoms with E-state index in [1.54, 1.807) is 51.1 Å². The van der Waals surface area contributed by atoms with Gasteiger partial charge in [-0.15, -0.1) is 0 Å². The van der Waals surface area contributed by atoms with Crippen LogP contribution >= 0.6 is 0 Å². The molecule has 0 heterocycles. The van der Waals surface area contributed by atoms with Crippen molar-refractivity contribution in [1.29, 1.82) is 0 Å². The molecule has 1 atom stereocenters. The Balaban J connectivity index is 1.26. The van der Waals surface area contributed by atoms with Crippen LogP contribution in [0.2, 0.25) is 0 Å². The van der Waals surface area contributed by atoms with Gasteiger partial charge in [-0.3, -0.25) is 4.79 Å². The minimum absolute atomic E-state index is 0.0259. The fraction of sp³-hybridized carbons (Fsp3) is 0.235. The van der Waals surface area contributed by atoms with Gasteiger partial charge >= 0.3 is 22.2 Å². The second-order valence-electron chi connectivity index (χ2n) is 11.2. The predicted octanol–water partition coefficient (Wildman–Crippen LogP) is 6.42. The SMILES string of the molecule is CC(C)(C)OC(=O)C(CNC(=O)OCC1c2ccccc2-c2ccccc21)c1ccc(OS(=O)(=O)c2ccccc2)cc1. The molecule has 0 saturated heterocycles. The summed E-state index contributed by atoms with van der Waals surface area (Å²) < 4.78 is 41.7. The highest BCUT2D eigenvalue weighted by atomic mass is 32.2. The van der Waals surface area contributed by atoms with Crippen molar-refractivity contribution in [1.82, 2.24) is 5.32 Å². The third kappa shape index (κ3) is 7.06. The fourth-order valence-electron chi connectivity index (χ4n) is 5.06. The molecule has 0 aliphatic heterocycles. The molecule has 222 valence electrons. The molecule has 1 N–H and O–H groups in total. The first-order chi connectivity index (χ1) is 20.5. The Bertz CT molecular complexity index is 1670. The van der Waals surface area contributed by atoms with Gasteiger partial charge in [0.15, 0.2) is 0 Å². The van der Waals surface area contributed by atoms with Crippen LogP contribution in [0, 0.1) is 0 Å². The molecule has 1 amide bonds. The van der Waals surface area contributed by atoms with Gasteiger partial charge in [-0.25, -0.2) is 4.79 Å². The first kappa shape index (κ1) is 29.8. The molecule has 1 aliphatic carbocycles. The topological polar surface area (TPSA) is 108 Å². The summed E-state index contributed by atoms with van der Waals surface area (Å²) in [4.78, 5) is 26.0. The van der Waals surface area contributed by atoms with Gasteiger partial charge in [-0.2, -0.15) is 8.42 Å². The largest absolute Gasteiger partial charge is 0.459 e. The second kappa shape index (κ2) is 12.3. The summed E-state index contributed by atoms with van der Waals surface area (Å²) in [6.45, 7) is 5.32. The first-order valence-corrected chi connectivity index (χ1v) is 15.3. The zero-order chi connectivity index (χ0) is 30.6. The number of amides is 1. The van der Waals surface area contributed by atoms with Crippen LogP contribution in [0.15, 0.2) is 108 Å². The van der Waals surface area contributed by atoms with Crippen LogP contribution < -0.4 is 9.50 Å². The molecule has 0 fully saturated rings. The Labute approximate surface area is 251 Å². The van der Waals surface area contributed by atoms with Gasteiger partial charge in [0.2, 0.25) is 0 Å². The molecular weight excluding hydrogens is 566 g/mol. The highest BCUT2D eigenvalue weighted by Crippen LogP contribution is 2.44. The van der Waals surface area contributed by atoms with Crippen LogP contribution in [0.4, 0.5) is 4.79 Å². The minimum atomic E-state index is -4.02. The van der Waals surface area contributed by atoms with Gasteiger partial charge in [0, 0.05) is 12.5 Å².